The van der Waals surface area contributed by atoms with Crippen molar-refractivity contribution in [3.05, 3.63) is 51.2 Å². The van der Waals surface area contributed by atoms with Crippen molar-refractivity contribution >= 4 is 28.6 Å². The van der Waals surface area contributed by atoms with Gasteiger partial charge in [0, 0.05) is 22.2 Å². The summed E-state index contributed by atoms with van der Waals surface area (Å²) in [7, 11) is 3.21. The number of hydrogen-bond acceptors (Lipinski definition) is 7. The molecule has 0 radical (unpaired) electrons. The number of rotatable bonds is 7. The minimum Gasteiger partial charge on any atom is -0.493 e. The Morgan fingerprint density at radius 2 is 2.07 bits per heavy atom. The lowest BCUT2D eigenvalue weighted by molar-refractivity contribution is -0.122. The molecule has 0 spiro atoms. The Labute approximate surface area is 183 Å². The normalized spacial score (nSPS) is 18.0. The maximum atomic E-state index is 12.5. The fourth-order valence-electron chi connectivity index (χ4n) is 3.58. The van der Waals surface area contributed by atoms with Gasteiger partial charge >= 0.3 is 0 Å². The summed E-state index contributed by atoms with van der Waals surface area (Å²) in [5, 5.41) is 7.87. The fourth-order valence-corrected chi connectivity index (χ4v) is 5.38. The average molecular weight is 445 g/mol. The van der Waals surface area contributed by atoms with Crippen LogP contribution < -0.4 is 14.8 Å². The standard InChI is InChI=1S/C22H24N2O4S2/c1-22(16-7-9-29-19(16)6-8-28-22)13-23-20(25)11-15-12-30-21(24-15)14-4-5-17(26-2)18(10-14)27-3/h4-5,7,9-10,12H,6,8,11,13H2,1-3H3,(H,23,25). The van der Waals surface area contributed by atoms with Crippen LogP contribution in [-0.4, -0.2) is 38.3 Å². The molecule has 0 saturated heterocycles. The molecule has 0 aliphatic carbocycles. The summed E-state index contributed by atoms with van der Waals surface area (Å²) in [5.41, 5.74) is 2.38. The van der Waals surface area contributed by atoms with E-state index in [1.807, 2.05) is 30.5 Å². The number of thiophene rings is 1. The molecule has 1 amide bonds. The molecule has 1 aliphatic rings. The van der Waals surface area contributed by atoms with Crippen LogP contribution in [0.1, 0.15) is 23.1 Å². The summed E-state index contributed by atoms with van der Waals surface area (Å²) >= 11 is 3.26. The van der Waals surface area contributed by atoms with Gasteiger partial charge in [-0.1, -0.05) is 0 Å². The Morgan fingerprint density at radius 1 is 1.23 bits per heavy atom. The van der Waals surface area contributed by atoms with E-state index < -0.39 is 5.60 Å². The van der Waals surface area contributed by atoms with Crippen molar-refractivity contribution in [3.63, 3.8) is 0 Å². The maximum absolute atomic E-state index is 12.5. The van der Waals surface area contributed by atoms with E-state index in [4.69, 9.17) is 14.2 Å². The van der Waals surface area contributed by atoms with Crippen molar-refractivity contribution in [1.29, 1.82) is 0 Å². The number of nitrogens with zero attached hydrogens (tertiary/aromatic N) is 1. The van der Waals surface area contributed by atoms with Crippen molar-refractivity contribution < 1.29 is 19.0 Å². The van der Waals surface area contributed by atoms with E-state index >= 15 is 0 Å². The zero-order chi connectivity index (χ0) is 21.1. The van der Waals surface area contributed by atoms with Gasteiger partial charge in [-0.3, -0.25) is 4.79 Å². The van der Waals surface area contributed by atoms with Crippen molar-refractivity contribution in [1.82, 2.24) is 10.3 Å². The average Bonchev–Trinajstić information content (AvgIpc) is 3.42. The molecular formula is C22H24N2O4S2. The predicted molar refractivity (Wildman–Crippen MR) is 119 cm³/mol. The highest BCUT2D eigenvalue weighted by Crippen LogP contribution is 2.36. The Balaban J connectivity index is 1.39. The number of aromatic nitrogens is 1. The van der Waals surface area contributed by atoms with Crippen LogP contribution in [0.3, 0.4) is 0 Å². The molecule has 3 aromatic rings. The zero-order valence-corrected chi connectivity index (χ0v) is 18.8. The van der Waals surface area contributed by atoms with Crippen LogP contribution in [0.15, 0.2) is 35.0 Å². The first kappa shape index (κ1) is 20.8. The Hall–Kier alpha value is -2.42. The minimum absolute atomic E-state index is 0.0636. The lowest BCUT2D eigenvalue weighted by Gasteiger charge is -2.34. The summed E-state index contributed by atoms with van der Waals surface area (Å²) in [6.07, 6.45) is 1.17. The van der Waals surface area contributed by atoms with E-state index in [9.17, 15) is 4.79 Å². The van der Waals surface area contributed by atoms with E-state index in [1.54, 1.807) is 25.6 Å². The third kappa shape index (κ3) is 4.21. The van der Waals surface area contributed by atoms with Gasteiger partial charge in [0.15, 0.2) is 11.5 Å². The van der Waals surface area contributed by atoms with E-state index in [2.05, 4.69) is 21.7 Å². The fraction of sp³-hybridized carbons (Fsp3) is 0.364. The summed E-state index contributed by atoms with van der Waals surface area (Å²) in [4.78, 5) is 18.5. The van der Waals surface area contributed by atoms with Crippen LogP contribution in [0.5, 0.6) is 11.5 Å². The van der Waals surface area contributed by atoms with Crippen molar-refractivity contribution in [2.75, 3.05) is 27.4 Å². The number of methoxy groups -OCH3 is 2. The molecule has 4 rings (SSSR count). The zero-order valence-electron chi connectivity index (χ0n) is 17.2. The van der Waals surface area contributed by atoms with Gasteiger partial charge in [0.1, 0.15) is 10.6 Å². The summed E-state index contributed by atoms with van der Waals surface area (Å²) in [5.74, 6) is 1.26. The van der Waals surface area contributed by atoms with Crippen LogP contribution in [0.4, 0.5) is 0 Å². The molecule has 6 nitrogen and oxygen atoms in total. The second kappa shape index (κ2) is 8.75. The largest absolute Gasteiger partial charge is 0.493 e. The van der Waals surface area contributed by atoms with Crippen molar-refractivity contribution in [2.45, 2.75) is 25.4 Å². The number of thiazole rings is 1. The molecule has 1 atom stereocenters. The van der Waals surface area contributed by atoms with E-state index in [0.717, 1.165) is 22.7 Å². The van der Waals surface area contributed by atoms with E-state index in [0.29, 0.717) is 24.7 Å². The number of carbonyl (C=O) groups is 1. The van der Waals surface area contributed by atoms with Crippen molar-refractivity contribution in [3.8, 4) is 22.1 Å². The van der Waals surface area contributed by atoms with Crippen LogP contribution in [0.2, 0.25) is 0 Å². The lowest BCUT2D eigenvalue weighted by atomic mass is 9.93. The van der Waals surface area contributed by atoms with Crippen LogP contribution >= 0.6 is 22.7 Å². The number of fused-ring (bicyclic) bond motifs is 1. The molecule has 1 aliphatic heterocycles. The van der Waals surface area contributed by atoms with Gasteiger partial charge in [-0.05, 0) is 42.1 Å². The third-order valence-corrected chi connectivity index (χ3v) is 7.13. The first-order valence-corrected chi connectivity index (χ1v) is 11.4. The third-order valence-electron chi connectivity index (χ3n) is 5.21. The number of ether oxygens (including phenoxy) is 3. The Morgan fingerprint density at radius 3 is 2.87 bits per heavy atom. The molecule has 8 heteroatoms. The summed E-state index contributed by atoms with van der Waals surface area (Å²) < 4.78 is 16.7. The van der Waals surface area contributed by atoms with Gasteiger partial charge in [-0.25, -0.2) is 4.98 Å². The molecular weight excluding hydrogens is 420 g/mol. The van der Waals surface area contributed by atoms with Gasteiger partial charge in [-0.15, -0.1) is 22.7 Å². The topological polar surface area (TPSA) is 69.7 Å². The Kier molecular flexibility index (Phi) is 6.08. The molecule has 2 aromatic heterocycles. The molecule has 0 saturated carbocycles. The van der Waals surface area contributed by atoms with Crippen LogP contribution in [0.25, 0.3) is 10.6 Å². The van der Waals surface area contributed by atoms with E-state index in [-0.39, 0.29) is 12.3 Å². The number of nitrogens with one attached hydrogen (secondary N) is 1. The first-order valence-electron chi connectivity index (χ1n) is 9.67. The second-order valence-corrected chi connectivity index (χ2v) is 9.11. The molecule has 0 bridgehead atoms. The molecule has 30 heavy (non-hydrogen) atoms. The minimum atomic E-state index is -0.476. The van der Waals surface area contributed by atoms with E-state index in [1.165, 1.54) is 21.8 Å². The van der Waals surface area contributed by atoms with Crippen LogP contribution in [0, 0.1) is 0 Å². The highest BCUT2D eigenvalue weighted by atomic mass is 32.1. The number of amides is 1. The monoisotopic (exact) mass is 444 g/mol. The SMILES string of the molecule is COc1ccc(-c2nc(CC(=O)NCC3(C)OCCc4sccc43)cs2)cc1OC. The summed E-state index contributed by atoms with van der Waals surface area (Å²) in [6, 6.07) is 7.78. The predicted octanol–water partition coefficient (Wildman–Crippen LogP) is 4.04. The number of benzene rings is 1. The molecule has 1 aromatic carbocycles. The first-order chi connectivity index (χ1) is 14.5. The highest BCUT2D eigenvalue weighted by Gasteiger charge is 2.34. The van der Waals surface area contributed by atoms with Gasteiger partial charge in [0.2, 0.25) is 5.91 Å². The lowest BCUT2D eigenvalue weighted by Crippen LogP contribution is -2.43. The van der Waals surface area contributed by atoms with Crippen molar-refractivity contribution in [2.24, 2.45) is 0 Å². The van der Waals surface area contributed by atoms with Gasteiger partial charge < -0.3 is 19.5 Å². The molecule has 0 fully saturated rings. The Bertz CT molecular complexity index is 1050. The maximum Gasteiger partial charge on any atom is 0.226 e. The second-order valence-electron chi connectivity index (χ2n) is 7.25. The highest BCUT2D eigenvalue weighted by molar-refractivity contribution is 7.13. The molecule has 1 unspecified atom stereocenters. The quantitative estimate of drug-likeness (QED) is 0.596. The summed E-state index contributed by atoms with van der Waals surface area (Å²) in [6.45, 7) is 3.17. The molecule has 1 N–H and O–H groups in total. The smallest absolute Gasteiger partial charge is 0.226 e. The van der Waals surface area contributed by atoms with Gasteiger partial charge in [0.25, 0.3) is 0 Å². The molecule has 3 heterocycles. The molecule has 158 valence electrons. The van der Waals surface area contributed by atoms with Gasteiger partial charge in [-0.2, -0.15) is 0 Å². The van der Waals surface area contributed by atoms with Gasteiger partial charge in [0.05, 0.1) is 39.5 Å². The van der Waals surface area contributed by atoms with Crippen LogP contribution in [-0.2, 0) is 28.0 Å². The number of hydrogen-bond donors (Lipinski definition) is 1. The number of carbonyl (C=O) groups excluding carboxylic acids is 1.